The van der Waals surface area contributed by atoms with Crippen molar-refractivity contribution in [3.05, 3.63) is 35.9 Å². The summed E-state index contributed by atoms with van der Waals surface area (Å²) in [4.78, 5) is 2.43. The maximum Gasteiger partial charge on any atom is 0.282 e. The molecular formula is C19H31N3O2S. The first-order valence-electron chi connectivity index (χ1n) is 9.68. The van der Waals surface area contributed by atoms with E-state index in [1.54, 1.807) is 8.61 Å². The standard InChI is InChI=1S/C19H31N3O2S/c23-25(24,21-14-5-2-6-15-21)22-16-8-13-20(17-18-22)12-7-11-19-9-3-1-4-10-19/h1,3-4,9-10H,2,5-8,11-18H2. The third-order valence-electron chi connectivity index (χ3n) is 5.30. The van der Waals surface area contributed by atoms with E-state index in [-0.39, 0.29) is 0 Å². The number of hydrogen-bond acceptors (Lipinski definition) is 3. The third-order valence-corrected chi connectivity index (χ3v) is 7.33. The van der Waals surface area contributed by atoms with E-state index in [9.17, 15) is 8.42 Å². The molecular weight excluding hydrogens is 334 g/mol. The number of nitrogens with zero attached hydrogens (tertiary/aromatic N) is 3. The first-order chi connectivity index (χ1) is 12.2. The Balaban J connectivity index is 1.46. The van der Waals surface area contributed by atoms with Gasteiger partial charge in [0.05, 0.1) is 0 Å². The van der Waals surface area contributed by atoms with E-state index in [0.29, 0.717) is 26.2 Å². The van der Waals surface area contributed by atoms with E-state index in [2.05, 4.69) is 35.2 Å². The number of hydrogen-bond donors (Lipinski definition) is 0. The second-order valence-electron chi connectivity index (χ2n) is 7.15. The SMILES string of the molecule is O=S(=O)(N1CCCCC1)N1CCCN(CCCc2ccccc2)CC1. The summed E-state index contributed by atoms with van der Waals surface area (Å²) in [6, 6.07) is 10.6. The molecule has 2 aliphatic heterocycles. The molecule has 140 valence electrons. The van der Waals surface area contributed by atoms with Crippen molar-refractivity contribution in [2.75, 3.05) is 45.8 Å². The largest absolute Gasteiger partial charge is 0.302 e. The molecule has 0 atom stereocenters. The van der Waals surface area contributed by atoms with Gasteiger partial charge in [0.15, 0.2) is 0 Å². The molecule has 0 aliphatic carbocycles. The first-order valence-corrected chi connectivity index (χ1v) is 11.1. The summed E-state index contributed by atoms with van der Waals surface area (Å²) in [5.41, 5.74) is 1.38. The Morgan fingerprint density at radius 1 is 0.760 bits per heavy atom. The lowest BCUT2D eigenvalue weighted by Crippen LogP contribution is -2.47. The van der Waals surface area contributed by atoms with E-state index in [0.717, 1.165) is 58.2 Å². The monoisotopic (exact) mass is 365 g/mol. The van der Waals surface area contributed by atoms with Crippen LogP contribution < -0.4 is 0 Å². The Kier molecular flexibility index (Phi) is 6.87. The van der Waals surface area contributed by atoms with Crippen LogP contribution in [0, 0.1) is 0 Å². The fraction of sp³-hybridized carbons (Fsp3) is 0.684. The van der Waals surface area contributed by atoms with Crippen molar-refractivity contribution in [3.63, 3.8) is 0 Å². The van der Waals surface area contributed by atoms with Crippen LogP contribution >= 0.6 is 0 Å². The summed E-state index contributed by atoms with van der Waals surface area (Å²) in [6.45, 7) is 5.58. The molecule has 0 spiro atoms. The normalized spacial score (nSPS) is 21.9. The Labute approximate surface area is 152 Å². The molecule has 5 nitrogen and oxygen atoms in total. The van der Waals surface area contributed by atoms with Crippen molar-refractivity contribution in [2.45, 2.75) is 38.5 Å². The average Bonchev–Trinajstić information content (AvgIpc) is 2.90. The minimum absolute atomic E-state index is 0.629. The van der Waals surface area contributed by atoms with Gasteiger partial charge in [-0.05, 0) is 50.8 Å². The van der Waals surface area contributed by atoms with Crippen LogP contribution in [-0.4, -0.2) is 67.7 Å². The maximum atomic E-state index is 12.8. The van der Waals surface area contributed by atoms with Gasteiger partial charge >= 0.3 is 0 Å². The summed E-state index contributed by atoms with van der Waals surface area (Å²) in [7, 11) is -3.26. The van der Waals surface area contributed by atoms with Crippen molar-refractivity contribution < 1.29 is 8.42 Å². The zero-order valence-electron chi connectivity index (χ0n) is 15.1. The van der Waals surface area contributed by atoms with Crippen molar-refractivity contribution in [3.8, 4) is 0 Å². The number of piperidine rings is 1. The van der Waals surface area contributed by atoms with Gasteiger partial charge in [0.2, 0.25) is 0 Å². The Morgan fingerprint density at radius 2 is 1.44 bits per heavy atom. The second-order valence-corrected chi connectivity index (χ2v) is 9.08. The van der Waals surface area contributed by atoms with Crippen LogP contribution in [0.1, 0.15) is 37.7 Å². The molecule has 3 rings (SSSR count). The summed E-state index contributed by atoms with van der Waals surface area (Å²) in [5, 5.41) is 0. The van der Waals surface area contributed by atoms with Gasteiger partial charge in [-0.2, -0.15) is 17.0 Å². The smallest absolute Gasteiger partial charge is 0.282 e. The molecule has 2 fully saturated rings. The molecule has 25 heavy (non-hydrogen) atoms. The van der Waals surface area contributed by atoms with Crippen LogP contribution in [0.4, 0.5) is 0 Å². The fourth-order valence-electron chi connectivity index (χ4n) is 3.81. The zero-order valence-corrected chi connectivity index (χ0v) is 16.0. The van der Waals surface area contributed by atoms with E-state index in [4.69, 9.17) is 0 Å². The summed E-state index contributed by atoms with van der Waals surface area (Å²) < 4.78 is 29.1. The van der Waals surface area contributed by atoms with Crippen molar-refractivity contribution >= 4 is 10.2 Å². The van der Waals surface area contributed by atoms with Crippen LogP contribution in [0.3, 0.4) is 0 Å². The molecule has 0 N–H and O–H groups in total. The lowest BCUT2D eigenvalue weighted by atomic mass is 10.1. The predicted molar refractivity (Wildman–Crippen MR) is 102 cm³/mol. The fourth-order valence-corrected chi connectivity index (χ4v) is 5.53. The van der Waals surface area contributed by atoms with Crippen LogP contribution in [-0.2, 0) is 16.6 Å². The highest BCUT2D eigenvalue weighted by molar-refractivity contribution is 7.86. The van der Waals surface area contributed by atoms with E-state index >= 15 is 0 Å². The molecule has 0 bridgehead atoms. The maximum absolute atomic E-state index is 12.8. The first kappa shape index (κ1) is 18.8. The summed E-state index contributed by atoms with van der Waals surface area (Å²) in [5.74, 6) is 0. The van der Waals surface area contributed by atoms with Gasteiger partial charge in [0.1, 0.15) is 0 Å². The third kappa shape index (κ3) is 5.26. The zero-order chi connectivity index (χ0) is 17.5. The van der Waals surface area contributed by atoms with Crippen molar-refractivity contribution in [2.24, 2.45) is 0 Å². The number of rotatable bonds is 6. The molecule has 2 aliphatic rings. The second kappa shape index (κ2) is 9.12. The van der Waals surface area contributed by atoms with E-state index in [1.165, 1.54) is 5.56 Å². The summed E-state index contributed by atoms with van der Waals surface area (Å²) >= 11 is 0. The van der Waals surface area contributed by atoms with Gasteiger partial charge in [-0.3, -0.25) is 0 Å². The van der Waals surface area contributed by atoms with E-state index < -0.39 is 10.2 Å². The lowest BCUT2D eigenvalue weighted by Gasteiger charge is -2.31. The number of aryl methyl sites for hydroxylation is 1. The van der Waals surface area contributed by atoms with Crippen LogP contribution in [0.2, 0.25) is 0 Å². The predicted octanol–water partition coefficient (Wildman–Crippen LogP) is 2.36. The van der Waals surface area contributed by atoms with E-state index in [1.807, 2.05) is 0 Å². The highest BCUT2D eigenvalue weighted by Crippen LogP contribution is 2.18. The van der Waals surface area contributed by atoms with Gasteiger partial charge in [0.25, 0.3) is 10.2 Å². The van der Waals surface area contributed by atoms with Gasteiger partial charge in [0, 0.05) is 32.7 Å². The minimum Gasteiger partial charge on any atom is -0.302 e. The molecule has 1 aromatic rings. The van der Waals surface area contributed by atoms with Crippen LogP contribution in [0.25, 0.3) is 0 Å². The highest BCUT2D eigenvalue weighted by Gasteiger charge is 2.31. The average molecular weight is 366 g/mol. The highest BCUT2D eigenvalue weighted by atomic mass is 32.2. The molecule has 0 radical (unpaired) electrons. The van der Waals surface area contributed by atoms with Gasteiger partial charge in [-0.1, -0.05) is 36.8 Å². The molecule has 2 saturated heterocycles. The molecule has 0 aromatic heterocycles. The molecule has 2 heterocycles. The van der Waals surface area contributed by atoms with Crippen molar-refractivity contribution in [1.29, 1.82) is 0 Å². The van der Waals surface area contributed by atoms with Gasteiger partial charge < -0.3 is 4.90 Å². The Hall–Kier alpha value is -0.950. The molecule has 6 heteroatoms. The Bertz CT molecular complexity index is 615. The number of benzene rings is 1. The molecule has 0 amide bonds. The van der Waals surface area contributed by atoms with Crippen LogP contribution in [0.15, 0.2) is 30.3 Å². The minimum atomic E-state index is -3.26. The topological polar surface area (TPSA) is 43.9 Å². The van der Waals surface area contributed by atoms with Gasteiger partial charge in [-0.25, -0.2) is 0 Å². The quantitative estimate of drug-likeness (QED) is 0.777. The summed E-state index contributed by atoms with van der Waals surface area (Å²) in [6.07, 6.45) is 6.30. The van der Waals surface area contributed by atoms with Gasteiger partial charge in [-0.15, -0.1) is 0 Å². The molecule has 1 aromatic carbocycles. The molecule has 0 saturated carbocycles. The molecule has 0 unspecified atom stereocenters. The van der Waals surface area contributed by atoms with Crippen molar-refractivity contribution in [1.82, 2.24) is 13.5 Å². The van der Waals surface area contributed by atoms with Crippen LogP contribution in [0.5, 0.6) is 0 Å². The lowest BCUT2D eigenvalue weighted by molar-refractivity contribution is 0.276. The Morgan fingerprint density at radius 3 is 2.20 bits per heavy atom.